The Balaban J connectivity index is 2.63. The Morgan fingerprint density at radius 1 is 1.25 bits per heavy atom. The number of nitrogens with zero attached hydrogens (tertiary/aromatic N) is 1. The number of ether oxygens (including phenoxy) is 1. The number of rotatable bonds is 1. The molecule has 1 aliphatic heterocycles. The van der Waals surface area contributed by atoms with E-state index in [1.165, 1.54) is 0 Å². The standard InChI is InChI=1S/C10H18NO/c1-11(2,3)10-7-5-4-6-8-12-9-10/h4-7,10H,8-9H2,1-3H3/q+1/t10-/m1/s1. The molecular formula is C10H18NO+. The summed E-state index contributed by atoms with van der Waals surface area (Å²) < 4.78 is 6.38. The molecule has 2 heteroatoms. The van der Waals surface area contributed by atoms with Crippen LogP contribution in [0.2, 0.25) is 0 Å². The van der Waals surface area contributed by atoms with Crippen LogP contribution < -0.4 is 0 Å². The highest BCUT2D eigenvalue weighted by Gasteiger charge is 2.20. The van der Waals surface area contributed by atoms with Crippen LogP contribution in [-0.2, 0) is 4.74 Å². The van der Waals surface area contributed by atoms with Crippen molar-refractivity contribution in [3.8, 4) is 0 Å². The topological polar surface area (TPSA) is 9.23 Å². The van der Waals surface area contributed by atoms with E-state index in [0.717, 1.165) is 17.7 Å². The van der Waals surface area contributed by atoms with Gasteiger partial charge in [-0.05, 0) is 6.08 Å². The molecule has 0 spiro atoms. The van der Waals surface area contributed by atoms with Gasteiger partial charge in [0.25, 0.3) is 0 Å². The van der Waals surface area contributed by atoms with Crippen LogP contribution >= 0.6 is 0 Å². The first-order valence-electron chi connectivity index (χ1n) is 4.33. The summed E-state index contributed by atoms with van der Waals surface area (Å²) in [6.07, 6.45) is 8.39. The van der Waals surface area contributed by atoms with Crippen LogP contribution in [0.15, 0.2) is 24.3 Å². The molecule has 0 N–H and O–H groups in total. The molecule has 0 fully saturated rings. The Morgan fingerprint density at radius 2 is 2.00 bits per heavy atom. The molecule has 68 valence electrons. The summed E-state index contributed by atoms with van der Waals surface area (Å²) in [6, 6.07) is 0.468. The maximum absolute atomic E-state index is 5.46. The fraction of sp³-hybridized carbons (Fsp3) is 0.600. The fourth-order valence-corrected chi connectivity index (χ4v) is 1.12. The van der Waals surface area contributed by atoms with E-state index < -0.39 is 0 Å². The predicted molar refractivity (Wildman–Crippen MR) is 50.9 cm³/mol. The third kappa shape index (κ3) is 2.80. The Morgan fingerprint density at radius 3 is 2.67 bits per heavy atom. The molecule has 1 heterocycles. The van der Waals surface area contributed by atoms with Gasteiger partial charge in [-0.15, -0.1) is 0 Å². The first-order valence-corrected chi connectivity index (χ1v) is 4.33. The number of hydrogen-bond donors (Lipinski definition) is 0. The van der Waals surface area contributed by atoms with Gasteiger partial charge in [0, 0.05) is 0 Å². The second kappa shape index (κ2) is 3.87. The molecule has 0 bridgehead atoms. The van der Waals surface area contributed by atoms with E-state index in [0.29, 0.717) is 6.04 Å². The summed E-state index contributed by atoms with van der Waals surface area (Å²) in [5.41, 5.74) is 0. The maximum Gasteiger partial charge on any atom is 0.131 e. The van der Waals surface area contributed by atoms with Crippen molar-refractivity contribution in [3.63, 3.8) is 0 Å². The molecule has 1 rings (SSSR count). The Kier molecular flexibility index (Phi) is 3.06. The Hall–Kier alpha value is -0.600. The van der Waals surface area contributed by atoms with E-state index in [1.54, 1.807) is 0 Å². The van der Waals surface area contributed by atoms with Gasteiger partial charge in [-0.3, -0.25) is 0 Å². The molecule has 0 amide bonds. The largest absolute Gasteiger partial charge is 0.371 e. The van der Waals surface area contributed by atoms with Gasteiger partial charge in [0.2, 0.25) is 0 Å². The van der Waals surface area contributed by atoms with Gasteiger partial charge < -0.3 is 9.22 Å². The Bertz CT molecular complexity index is 189. The highest BCUT2D eigenvalue weighted by atomic mass is 16.5. The first-order chi connectivity index (χ1) is 5.61. The van der Waals surface area contributed by atoms with Crippen molar-refractivity contribution in [1.29, 1.82) is 0 Å². The zero-order chi connectivity index (χ0) is 9.03. The lowest BCUT2D eigenvalue weighted by Gasteiger charge is -2.32. The van der Waals surface area contributed by atoms with Crippen LogP contribution in [0.1, 0.15) is 0 Å². The SMILES string of the molecule is C[N+](C)(C)[C@@H]1C=CC=CCOC1. The van der Waals surface area contributed by atoms with Gasteiger partial charge in [0.15, 0.2) is 0 Å². The summed E-state index contributed by atoms with van der Waals surface area (Å²) in [6.45, 7) is 1.55. The van der Waals surface area contributed by atoms with Gasteiger partial charge in [-0.2, -0.15) is 0 Å². The van der Waals surface area contributed by atoms with E-state index in [9.17, 15) is 0 Å². The highest BCUT2D eigenvalue weighted by Crippen LogP contribution is 2.07. The monoisotopic (exact) mass is 168 g/mol. The lowest BCUT2D eigenvalue weighted by molar-refractivity contribution is -0.889. The lowest BCUT2D eigenvalue weighted by atomic mass is 10.2. The van der Waals surface area contributed by atoms with Gasteiger partial charge in [0.1, 0.15) is 12.6 Å². The van der Waals surface area contributed by atoms with Crippen LogP contribution in [0.3, 0.4) is 0 Å². The minimum Gasteiger partial charge on any atom is -0.371 e. The summed E-state index contributed by atoms with van der Waals surface area (Å²) in [4.78, 5) is 0. The second-order valence-corrected chi connectivity index (χ2v) is 4.03. The van der Waals surface area contributed by atoms with Gasteiger partial charge in [-0.1, -0.05) is 18.2 Å². The molecule has 0 unspecified atom stereocenters. The molecule has 0 radical (unpaired) electrons. The predicted octanol–water partition coefficient (Wildman–Crippen LogP) is 1.20. The average molecular weight is 168 g/mol. The quantitative estimate of drug-likeness (QED) is 0.535. The molecule has 0 aliphatic carbocycles. The highest BCUT2D eigenvalue weighted by molar-refractivity contribution is 5.06. The van der Waals surface area contributed by atoms with Crippen molar-refractivity contribution >= 4 is 0 Å². The van der Waals surface area contributed by atoms with E-state index in [-0.39, 0.29) is 0 Å². The third-order valence-corrected chi connectivity index (χ3v) is 2.08. The molecule has 0 aromatic carbocycles. The first kappa shape index (κ1) is 9.49. The zero-order valence-corrected chi connectivity index (χ0v) is 8.16. The lowest BCUT2D eigenvalue weighted by Crippen LogP contribution is -2.46. The minimum absolute atomic E-state index is 0.468. The molecule has 0 saturated carbocycles. The molecule has 1 aliphatic rings. The maximum atomic E-state index is 5.46. The zero-order valence-electron chi connectivity index (χ0n) is 8.16. The van der Waals surface area contributed by atoms with Crippen molar-refractivity contribution in [2.45, 2.75) is 6.04 Å². The molecule has 0 saturated heterocycles. The van der Waals surface area contributed by atoms with E-state index >= 15 is 0 Å². The van der Waals surface area contributed by atoms with Crippen LogP contribution in [-0.4, -0.2) is 44.9 Å². The van der Waals surface area contributed by atoms with E-state index in [4.69, 9.17) is 4.74 Å². The van der Waals surface area contributed by atoms with Crippen LogP contribution in [0, 0.1) is 0 Å². The summed E-state index contributed by atoms with van der Waals surface area (Å²) in [5, 5.41) is 0. The Labute approximate surface area is 74.7 Å². The molecule has 0 aromatic heterocycles. The number of quaternary nitrogens is 1. The summed E-state index contributed by atoms with van der Waals surface area (Å²) in [7, 11) is 6.55. The average Bonchev–Trinajstić information content (AvgIpc) is 1.81. The minimum atomic E-state index is 0.468. The van der Waals surface area contributed by atoms with E-state index in [1.807, 2.05) is 12.2 Å². The van der Waals surface area contributed by atoms with Gasteiger partial charge in [0.05, 0.1) is 27.7 Å². The van der Waals surface area contributed by atoms with Crippen molar-refractivity contribution in [3.05, 3.63) is 24.3 Å². The van der Waals surface area contributed by atoms with E-state index in [2.05, 4.69) is 33.3 Å². The van der Waals surface area contributed by atoms with Crippen molar-refractivity contribution in [2.24, 2.45) is 0 Å². The number of likely N-dealkylation sites (N-methyl/N-ethyl adjacent to an activating group) is 1. The van der Waals surface area contributed by atoms with Crippen molar-refractivity contribution in [2.75, 3.05) is 34.4 Å². The normalized spacial score (nSPS) is 25.1. The molecular weight excluding hydrogens is 150 g/mol. The van der Waals surface area contributed by atoms with Crippen LogP contribution in [0.4, 0.5) is 0 Å². The fourth-order valence-electron chi connectivity index (χ4n) is 1.12. The third-order valence-electron chi connectivity index (χ3n) is 2.08. The second-order valence-electron chi connectivity index (χ2n) is 4.03. The van der Waals surface area contributed by atoms with Gasteiger partial charge >= 0.3 is 0 Å². The number of hydrogen-bond acceptors (Lipinski definition) is 1. The molecule has 1 atom stereocenters. The van der Waals surface area contributed by atoms with Crippen LogP contribution in [0.25, 0.3) is 0 Å². The van der Waals surface area contributed by atoms with Crippen molar-refractivity contribution < 1.29 is 9.22 Å². The molecule has 0 aromatic rings. The summed E-state index contributed by atoms with van der Waals surface area (Å²) >= 11 is 0. The number of allylic oxidation sites excluding steroid dienone is 2. The smallest absolute Gasteiger partial charge is 0.131 e. The van der Waals surface area contributed by atoms with Gasteiger partial charge in [-0.25, -0.2) is 0 Å². The van der Waals surface area contributed by atoms with Crippen LogP contribution in [0.5, 0.6) is 0 Å². The molecule has 2 nitrogen and oxygen atoms in total. The summed E-state index contributed by atoms with van der Waals surface area (Å²) in [5.74, 6) is 0. The molecule has 12 heavy (non-hydrogen) atoms. The van der Waals surface area contributed by atoms with Crippen molar-refractivity contribution in [1.82, 2.24) is 0 Å².